The highest BCUT2D eigenvalue weighted by molar-refractivity contribution is 5.40. The van der Waals surface area contributed by atoms with Gasteiger partial charge in [-0.2, -0.15) is 0 Å². The standard InChI is InChI=1S/C15H19N3O2/c1-11(15-16-7-8-18(15)2)17-9-12-10-19-13-5-3-4-6-14(13)20-12/h3-8,11-12,17H,9-10H2,1-2H3. The van der Waals surface area contributed by atoms with E-state index in [9.17, 15) is 0 Å². The molecule has 2 atom stereocenters. The van der Waals surface area contributed by atoms with Crippen molar-refractivity contribution in [1.82, 2.24) is 14.9 Å². The maximum absolute atomic E-state index is 5.92. The van der Waals surface area contributed by atoms with Crippen molar-refractivity contribution in [2.75, 3.05) is 13.2 Å². The fourth-order valence-corrected chi connectivity index (χ4v) is 2.36. The normalized spacial score (nSPS) is 18.8. The van der Waals surface area contributed by atoms with E-state index in [0.29, 0.717) is 6.61 Å². The molecule has 2 heterocycles. The lowest BCUT2D eigenvalue weighted by Gasteiger charge is -2.27. The molecule has 5 nitrogen and oxygen atoms in total. The first-order valence-electron chi connectivity index (χ1n) is 6.83. The van der Waals surface area contributed by atoms with E-state index >= 15 is 0 Å². The summed E-state index contributed by atoms with van der Waals surface area (Å²) in [6.45, 7) is 3.39. The fraction of sp³-hybridized carbons (Fsp3) is 0.400. The lowest BCUT2D eigenvalue weighted by molar-refractivity contribution is 0.0883. The van der Waals surface area contributed by atoms with Gasteiger partial charge in [0.25, 0.3) is 0 Å². The largest absolute Gasteiger partial charge is 0.486 e. The second-order valence-corrected chi connectivity index (χ2v) is 5.02. The van der Waals surface area contributed by atoms with Crippen molar-refractivity contribution in [1.29, 1.82) is 0 Å². The van der Waals surface area contributed by atoms with E-state index in [0.717, 1.165) is 23.9 Å². The number of aryl methyl sites for hydroxylation is 1. The van der Waals surface area contributed by atoms with Crippen LogP contribution in [0.4, 0.5) is 0 Å². The number of nitrogens with zero attached hydrogens (tertiary/aromatic N) is 2. The highest BCUT2D eigenvalue weighted by atomic mass is 16.6. The van der Waals surface area contributed by atoms with E-state index in [2.05, 4.69) is 17.2 Å². The van der Waals surface area contributed by atoms with E-state index in [1.807, 2.05) is 48.3 Å². The molecule has 0 amide bonds. The van der Waals surface area contributed by atoms with Gasteiger partial charge >= 0.3 is 0 Å². The van der Waals surface area contributed by atoms with E-state index in [-0.39, 0.29) is 12.1 Å². The smallest absolute Gasteiger partial charge is 0.161 e. The quantitative estimate of drug-likeness (QED) is 0.924. The summed E-state index contributed by atoms with van der Waals surface area (Å²) in [6.07, 6.45) is 3.78. The zero-order chi connectivity index (χ0) is 13.9. The second kappa shape index (κ2) is 5.54. The summed E-state index contributed by atoms with van der Waals surface area (Å²) in [7, 11) is 2.00. The van der Waals surface area contributed by atoms with Crippen LogP contribution in [0.5, 0.6) is 11.5 Å². The third-order valence-electron chi connectivity index (χ3n) is 3.46. The number of ether oxygens (including phenoxy) is 2. The van der Waals surface area contributed by atoms with Gasteiger partial charge in [0, 0.05) is 26.0 Å². The number of hydrogen-bond acceptors (Lipinski definition) is 4. The summed E-state index contributed by atoms with van der Waals surface area (Å²) >= 11 is 0. The third kappa shape index (κ3) is 2.63. The molecule has 0 bridgehead atoms. The molecule has 0 radical (unpaired) electrons. The molecule has 2 unspecified atom stereocenters. The number of para-hydroxylation sites is 2. The monoisotopic (exact) mass is 273 g/mol. The molecule has 2 aromatic rings. The van der Waals surface area contributed by atoms with Crippen LogP contribution in [-0.4, -0.2) is 28.8 Å². The number of aromatic nitrogens is 2. The van der Waals surface area contributed by atoms with Gasteiger partial charge in [0.15, 0.2) is 11.5 Å². The minimum atomic E-state index is 0.0209. The van der Waals surface area contributed by atoms with Crippen LogP contribution in [0.3, 0.4) is 0 Å². The summed E-state index contributed by atoms with van der Waals surface area (Å²) in [5.74, 6) is 2.65. The summed E-state index contributed by atoms with van der Waals surface area (Å²) in [4.78, 5) is 4.34. The van der Waals surface area contributed by atoms with Gasteiger partial charge in [-0.05, 0) is 19.1 Å². The Kier molecular flexibility index (Phi) is 3.60. The van der Waals surface area contributed by atoms with Gasteiger partial charge in [0.2, 0.25) is 0 Å². The van der Waals surface area contributed by atoms with Crippen LogP contribution in [0.1, 0.15) is 18.8 Å². The van der Waals surface area contributed by atoms with Crippen molar-refractivity contribution in [3.63, 3.8) is 0 Å². The summed E-state index contributed by atoms with van der Waals surface area (Å²) < 4.78 is 13.6. The molecule has 3 rings (SSSR count). The average molecular weight is 273 g/mol. The molecule has 1 aliphatic rings. The van der Waals surface area contributed by atoms with Crippen LogP contribution in [0.2, 0.25) is 0 Å². The predicted molar refractivity (Wildman–Crippen MR) is 76.0 cm³/mol. The van der Waals surface area contributed by atoms with Crippen LogP contribution in [0.25, 0.3) is 0 Å². The molecule has 20 heavy (non-hydrogen) atoms. The highest BCUT2D eigenvalue weighted by Crippen LogP contribution is 2.30. The number of nitrogens with one attached hydrogen (secondary N) is 1. The zero-order valence-electron chi connectivity index (χ0n) is 11.7. The van der Waals surface area contributed by atoms with Crippen LogP contribution in [0.15, 0.2) is 36.7 Å². The van der Waals surface area contributed by atoms with Gasteiger partial charge < -0.3 is 19.4 Å². The molecule has 0 aliphatic carbocycles. The fourth-order valence-electron chi connectivity index (χ4n) is 2.36. The SMILES string of the molecule is CC(NCC1COc2ccccc2O1)c1nccn1C. The maximum atomic E-state index is 5.92. The number of benzene rings is 1. The Labute approximate surface area is 118 Å². The molecule has 1 aliphatic heterocycles. The van der Waals surface area contributed by atoms with Crippen LogP contribution < -0.4 is 14.8 Å². The molecule has 0 fully saturated rings. The summed E-state index contributed by atoms with van der Waals surface area (Å²) in [5, 5.41) is 3.44. The average Bonchev–Trinajstić information content (AvgIpc) is 2.91. The van der Waals surface area contributed by atoms with E-state index < -0.39 is 0 Å². The Morgan fingerprint density at radius 2 is 2.20 bits per heavy atom. The van der Waals surface area contributed by atoms with Gasteiger partial charge in [-0.1, -0.05) is 12.1 Å². The molecule has 1 N–H and O–H groups in total. The Morgan fingerprint density at radius 1 is 1.40 bits per heavy atom. The van der Waals surface area contributed by atoms with E-state index in [1.54, 1.807) is 0 Å². The van der Waals surface area contributed by atoms with Crippen molar-refractivity contribution in [3.05, 3.63) is 42.5 Å². The van der Waals surface area contributed by atoms with Crippen LogP contribution in [-0.2, 0) is 7.05 Å². The number of hydrogen-bond donors (Lipinski definition) is 1. The van der Waals surface area contributed by atoms with Gasteiger partial charge in [-0.3, -0.25) is 0 Å². The Bertz CT molecular complexity index is 582. The molecule has 1 aromatic carbocycles. The Balaban J connectivity index is 1.57. The molecule has 5 heteroatoms. The Morgan fingerprint density at radius 3 is 2.95 bits per heavy atom. The minimum absolute atomic E-state index is 0.0209. The maximum Gasteiger partial charge on any atom is 0.161 e. The zero-order valence-corrected chi connectivity index (χ0v) is 11.7. The van der Waals surface area contributed by atoms with Crippen molar-refractivity contribution in [2.24, 2.45) is 7.05 Å². The number of rotatable bonds is 4. The lowest BCUT2D eigenvalue weighted by Crippen LogP contribution is -2.39. The summed E-state index contributed by atoms with van der Waals surface area (Å²) in [5.41, 5.74) is 0. The molecular weight excluding hydrogens is 254 g/mol. The first-order valence-corrected chi connectivity index (χ1v) is 6.83. The number of fused-ring (bicyclic) bond motifs is 1. The first kappa shape index (κ1) is 13.0. The topological polar surface area (TPSA) is 48.3 Å². The lowest BCUT2D eigenvalue weighted by atomic mass is 10.2. The van der Waals surface area contributed by atoms with Gasteiger partial charge in [-0.25, -0.2) is 4.98 Å². The Hall–Kier alpha value is -2.01. The minimum Gasteiger partial charge on any atom is -0.486 e. The van der Waals surface area contributed by atoms with Crippen molar-refractivity contribution >= 4 is 0 Å². The second-order valence-electron chi connectivity index (χ2n) is 5.02. The van der Waals surface area contributed by atoms with Gasteiger partial charge in [0.1, 0.15) is 18.5 Å². The molecule has 0 spiro atoms. The summed E-state index contributed by atoms with van der Waals surface area (Å²) in [6, 6.07) is 7.94. The van der Waals surface area contributed by atoms with E-state index in [4.69, 9.17) is 9.47 Å². The van der Waals surface area contributed by atoms with Crippen molar-refractivity contribution in [2.45, 2.75) is 19.1 Å². The molecule has 1 aromatic heterocycles. The van der Waals surface area contributed by atoms with Gasteiger partial charge in [0.05, 0.1) is 6.04 Å². The highest BCUT2D eigenvalue weighted by Gasteiger charge is 2.21. The van der Waals surface area contributed by atoms with E-state index in [1.165, 1.54) is 0 Å². The van der Waals surface area contributed by atoms with Crippen molar-refractivity contribution < 1.29 is 9.47 Å². The van der Waals surface area contributed by atoms with Gasteiger partial charge in [-0.15, -0.1) is 0 Å². The first-order chi connectivity index (χ1) is 9.74. The number of imidazole rings is 1. The molecule has 0 saturated carbocycles. The molecule has 0 saturated heterocycles. The molecular formula is C15H19N3O2. The van der Waals surface area contributed by atoms with Crippen LogP contribution in [0, 0.1) is 0 Å². The predicted octanol–water partition coefficient (Wildman–Crippen LogP) is 1.91. The third-order valence-corrected chi connectivity index (χ3v) is 3.46. The van der Waals surface area contributed by atoms with Crippen molar-refractivity contribution in [3.8, 4) is 11.5 Å². The van der Waals surface area contributed by atoms with Crippen LogP contribution >= 0.6 is 0 Å². The molecule has 106 valence electrons.